The first kappa shape index (κ1) is 16.3. The van der Waals surface area contributed by atoms with E-state index in [0.717, 1.165) is 55.2 Å². The number of aromatic nitrogens is 2. The lowest BCUT2D eigenvalue weighted by atomic mass is 10.00. The fourth-order valence-corrected chi connectivity index (χ4v) is 3.97. The molecule has 2 aliphatic heterocycles. The SMILES string of the molecule is Cc1cc(C)c(-c2ccc(N3CCO[C@H]4CCNC[C@H]43)nn2)c(O)c1. The summed E-state index contributed by atoms with van der Waals surface area (Å²) in [5.41, 5.74) is 3.49. The van der Waals surface area contributed by atoms with E-state index < -0.39 is 0 Å². The van der Waals surface area contributed by atoms with Crippen LogP contribution in [0.4, 0.5) is 5.82 Å². The van der Waals surface area contributed by atoms with E-state index in [4.69, 9.17) is 4.74 Å². The molecule has 2 N–H and O–H groups in total. The van der Waals surface area contributed by atoms with Gasteiger partial charge in [0, 0.05) is 18.7 Å². The number of hydrogen-bond donors (Lipinski definition) is 2. The van der Waals surface area contributed by atoms with Crippen LogP contribution in [0.5, 0.6) is 5.75 Å². The van der Waals surface area contributed by atoms with Gasteiger partial charge >= 0.3 is 0 Å². The van der Waals surface area contributed by atoms with Crippen molar-refractivity contribution in [1.29, 1.82) is 0 Å². The molecule has 1 aromatic carbocycles. The minimum atomic E-state index is 0.252. The van der Waals surface area contributed by atoms with Crippen molar-refractivity contribution in [2.45, 2.75) is 32.4 Å². The van der Waals surface area contributed by atoms with Crippen LogP contribution in [-0.4, -0.2) is 53.7 Å². The lowest BCUT2D eigenvalue weighted by Gasteiger charge is -2.44. The van der Waals surface area contributed by atoms with Gasteiger partial charge in [-0.2, -0.15) is 0 Å². The molecule has 3 heterocycles. The zero-order valence-corrected chi connectivity index (χ0v) is 14.7. The largest absolute Gasteiger partial charge is 0.507 e. The summed E-state index contributed by atoms with van der Waals surface area (Å²) in [5, 5.41) is 22.6. The topological polar surface area (TPSA) is 70.5 Å². The maximum atomic E-state index is 10.3. The second kappa shape index (κ2) is 6.61. The minimum absolute atomic E-state index is 0.252. The molecule has 0 radical (unpaired) electrons. The summed E-state index contributed by atoms with van der Waals surface area (Å²) in [4.78, 5) is 2.29. The number of ether oxygens (including phenoxy) is 1. The standard InChI is InChI=1S/C19H24N4O2/c1-12-9-13(2)19(16(24)10-12)14-3-4-18(22-21-14)23-7-8-25-17-5-6-20-11-15(17)23/h3-4,9-10,15,17,20,24H,5-8,11H2,1-2H3/t15-,17+/m1/s1. The number of rotatable bonds is 2. The molecule has 0 saturated carbocycles. The highest BCUT2D eigenvalue weighted by atomic mass is 16.5. The third-order valence-electron chi connectivity index (χ3n) is 5.11. The van der Waals surface area contributed by atoms with Crippen molar-refractivity contribution in [3.05, 3.63) is 35.4 Å². The molecule has 4 rings (SSSR count). The van der Waals surface area contributed by atoms with Crippen molar-refractivity contribution >= 4 is 5.82 Å². The van der Waals surface area contributed by atoms with Gasteiger partial charge in [0.25, 0.3) is 0 Å². The highest BCUT2D eigenvalue weighted by Gasteiger charge is 2.35. The van der Waals surface area contributed by atoms with Crippen LogP contribution < -0.4 is 10.2 Å². The number of hydrogen-bond acceptors (Lipinski definition) is 6. The summed E-state index contributed by atoms with van der Waals surface area (Å²) in [6.07, 6.45) is 1.29. The van der Waals surface area contributed by atoms with E-state index in [1.807, 2.05) is 32.0 Å². The number of benzene rings is 1. The lowest BCUT2D eigenvalue weighted by molar-refractivity contribution is -0.00377. The highest BCUT2D eigenvalue weighted by molar-refractivity contribution is 5.71. The molecule has 0 bridgehead atoms. The number of morpholine rings is 1. The number of nitrogens with one attached hydrogen (secondary N) is 1. The fraction of sp³-hybridized carbons (Fsp3) is 0.474. The molecule has 0 unspecified atom stereocenters. The van der Waals surface area contributed by atoms with Crippen LogP contribution >= 0.6 is 0 Å². The number of aromatic hydroxyl groups is 1. The Labute approximate surface area is 147 Å². The Morgan fingerprint density at radius 2 is 2.12 bits per heavy atom. The summed E-state index contributed by atoms with van der Waals surface area (Å²) in [7, 11) is 0. The average Bonchev–Trinajstić information content (AvgIpc) is 2.61. The monoisotopic (exact) mass is 340 g/mol. The van der Waals surface area contributed by atoms with E-state index >= 15 is 0 Å². The zero-order valence-electron chi connectivity index (χ0n) is 14.7. The van der Waals surface area contributed by atoms with Crippen LogP contribution in [0.1, 0.15) is 17.5 Å². The van der Waals surface area contributed by atoms with Gasteiger partial charge in [-0.05, 0) is 56.1 Å². The van der Waals surface area contributed by atoms with Crippen LogP contribution in [-0.2, 0) is 4.74 Å². The highest BCUT2D eigenvalue weighted by Crippen LogP contribution is 2.33. The quantitative estimate of drug-likeness (QED) is 0.872. The van der Waals surface area contributed by atoms with Gasteiger partial charge in [-0.1, -0.05) is 6.07 Å². The van der Waals surface area contributed by atoms with Crippen LogP contribution in [0.15, 0.2) is 24.3 Å². The summed E-state index contributed by atoms with van der Waals surface area (Å²) in [5.74, 6) is 1.12. The van der Waals surface area contributed by atoms with Crippen molar-refractivity contribution in [2.75, 3.05) is 31.1 Å². The minimum Gasteiger partial charge on any atom is -0.507 e. The zero-order chi connectivity index (χ0) is 17.4. The van der Waals surface area contributed by atoms with Gasteiger partial charge < -0.3 is 20.1 Å². The number of phenols is 1. The van der Waals surface area contributed by atoms with Crippen LogP contribution in [0.25, 0.3) is 11.3 Å². The third kappa shape index (κ3) is 3.07. The Morgan fingerprint density at radius 3 is 2.88 bits per heavy atom. The Morgan fingerprint density at radius 1 is 1.24 bits per heavy atom. The molecule has 132 valence electrons. The van der Waals surface area contributed by atoms with E-state index in [1.165, 1.54) is 0 Å². The smallest absolute Gasteiger partial charge is 0.151 e. The summed E-state index contributed by atoms with van der Waals surface area (Å²) >= 11 is 0. The van der Waals surface area contributed by atoms with E-state index in [0.29, 0.717) is 11.7 Å². The van der Waals surface area contributed by atoms with Crippen molar-refractivity contribution in [2.24, 2.45) is 0 Å². The Kier molecular flexibility index (Phi) is 4.31. The van der Waals surface area contributed by atoms with Gasteiger partial charge in [-0.25, -0.2) is 0 Å². The Bertz CT molecular complexity index is 738. The van der Waals surface area contributed by atoms with Gasteiger partial charge in [-0.15, -0.1) is 10.2 Å². The van der Waals surface area contributed by atoms with E-state index in [9.17, 15) is 5.11 Å². The van der Waals surface area contributed by atoms with Gasteiger partial charge in [0.15, 0.2) is 5.82 Å². The molecule has 0 amide bonds. The lowest BCUT2D eigenvalue weighted by Crippen LogP contribution is -2.59. The molecule has 0 aliphatic carbocycles. The molecule has 25 heavy (non-hydrogen) atoms. The first-order valence-corrected chi connectivity index (χ1v) is 8.87. The fourth-order valence-electron chi connectivity index (χ4n) is 3.97. The first-order chi connectivity index (χ1) is 12.1. The normalized spacial score (nSPS) is 23.4. The van der Waals surface area contributed by atoms with Crippen LogP contribution in [0, 0.1) is 13.8 Å². The van der Waals surface area contributed by atoms with E-state index in [2.05, 4.69) is 20.4 Å². The molecule has 2 atom stereocenters. The second-order valence-electron chi connectivity index (χ2n) is 6.92. The molecule has 1 aromatic heterocycles. The molecular formula is C19H24N4O2. The summed E-state index contributed by atoms with van der Waals surface area (Å²) < 4.78 is 5.91. The number of fused-ring (bicyclic) bond motifs is 1. The molecular weight excluding hydrogens is 316 g/mol. The number of nitrogens with zero attached hydrogens (tertiary/aromatic N) is 3. The molecule has 2 saturated heterocycles. The number of phenolic OH excluding ortho intramolecular Hbond substituents is 1. The molecule has 2 aliphatic rings. The molecule has 2 aromatic rings. The van der Waals surface area contributed by atoms with Gasteiger partial charge in [0.05, 0.1) is 24.4 Å². The molecule has 6 heteroatoms. The van der Waals surface area contributed by atoms with Crippen molar-refractivity contribution in [3.63, 3.8) is 0 Å². The molecule has 2 fully saturated rings. The second-order valence-corrected chi connectivity index (χ2v) is 6.92. The average molecular weight is 340 g/mol. The number of piperidine rings is 1. The third-order valence-corrected chi connectivity index (χ3v) is 5.11. The summed E-state index contributed by atoms with van der Waals surface area (Å²) in [6, 6.07) is 8.05. The van der Waals surface area contributed by atoms with E-state index in [1.54, 1.807) is 6.07 Å². The van der Waals surface area contributed by atoms with Crippen molar-refractivity contribution < 1.29 is 9.84 Å². The molecule has 6 nitrogen and oxygen atoms in total. The van der Waals surface area contributed by atoms with Crippen molar-refractivity contribution in [3.8, 4) is 17.0 Å². The maximum absolute atomic E-state index is 10.3. The van der Waals surface area contributed by atoms with Crippen molar-refractivity contribution in [1.82, 2.24) is 15.5 Å². The predicted octanol–water partition coefficient (Wildman–Crippen LogP) is 2.03. The predicted molar refractivity (Wildman–Crippen MR) is 97.0 cm³/mol. The number of anilines is 1. The van der Waals surface area contributed by atoms with Gasteiger partial charge in [0.1, 0.15) is 5.75 Å². The van der Waals surface area contributed by atoms with Crippen LogP contribution in [0.3, 0.4) is 0 Å². The van der Waals surface area contributed by atoms with Crippen LogP contribution in [0.2, 0.25) is 0 Å². The van der Waals surface area contributed by atoms with Gasteiger partial charge in [-0.3, -0.25) is 0 Å². The Balaban J connectivity index is 1.62. The van der Waals surface area contributed by atoms with E-state index in [-0.39, 0.29) is 11.9 Å². The van der Waals surface area contributed by atoms with Gasteiger partial charge in [0.2, 0.25) is 0 Å². The number of aryl methyl sites for hydroxylation is 2. The summed E-state index contributed by atoms with van der Waals surface area (Å²) in [6.45, 7) is 7.42. The Hall–Kier alpha value is -2.18. The first-order valence-electron chi connectivity index (χ1n) is 8.87. The molecule has 0 spiro atoms. The maximum Gasteiger partial charge on any atom is 0.151 e.